The zero-order valence-corrected chi connectivity index (χ0v) is 26.8. The molecule has 3 heteroatoms. The zero-order valence-electron chi connectivity index (χ0n) is 25.2. The van der Waals surface area contributed by atoms with Gasteiger partial charge in [-0.05, 0) is 73.8 Å². The summed E-state index contributed by atoms with van der Waals surface area (Å²) in [5.41, 5.74) is 9.34. The Bertz CT molecular complexity index is 2480. The molecule has 0 unspecified atom stereocenters. The van der Waals surface area contributed by atoms with Gasteiger partial charge in [-0.3, -0.25) is 0 Å². The van der Waals surface area contributed by atoms with Gasteiger partial charge >= 0.3 is 0 Å². The minimum absolute atomic E-state index is 0.536. The minimum Gasteiger partial charge on any atom is -0.376 e. The van der Waals surface area contributed by atoms with E-state index in [0.29, 0.717) is 10.6 Å². The van der Waals surface area contributed by atoms with E-state index < -0.39 is 11.0 Å². The number of hydrogen-bond acceptors (Lipinski definition) is 2. The summed E-state index contributed by atoms with van der Waals surface area (Å²) in [6.07, 6.45) is 0. The van der Waals surface area contributed by atoms with Crippen LogP contribution in [0.5, 0.6) is 0 Å². The lowest BCUT2D eigenvalue weighted by atomic mass is 9.56. The van der Waals surface area contributed by atoms with Crippen LogP contribution in [0.15, 0.2) is 158 Å². The molecule has 10 rings (SSSR count). The van der Waals surface area contributed by atoms with Crippen LogP contribution in [-0.4, -0.2) is 5.11 Å². The van der Waals surface area contributed by atoms with Gasteiger partial charge in [-0.2, -0.15) is 0 Å². The lowest BCUT2D eigenvalue weighted by Gasteiger charge is -2.47. The molecule has 8 aromatic rings. The lowest BCUT2D eigenvalue weighted by molar-refractivity contribution is 0.119. The highest BCUT2D eigenvalue weighted by Gasteiger charge is 2.56. The Labute approximate surface area is 282 Å². The molecular formula is C44H27ClOS. The van der Waals surface area contributed by atoms with Crippen molar-refractivity contribution in [2.75, 3.05) is 0 Å². The van der Waals surface area contributed by atoms with Gasteiger partial charge in [0.15, 0.2) is 0 Å². The summed E-state index contributed by atoms with van der Waals surface area (Å²) < 4.78 is 2.45. The maximum atomic E-state index is 13.8. The number of rotatable bonds is 2. The first-order valence-electron chi connectivity index (χ1n) is 15.9. The second kappa shape index (κ2) is 9.76. The fraction of sp³-hybridized carbons (Fsp3) is 0.0455. The van der Waals surface area contributed by atoms with Crippen molar-refractivity contribution in [2.45, 2.75) is 11.0 Å². The van der Waals surface area contributed by atoms with E-state index in [2.05, 4.69) is 133 Å². The van der Waals surface area contributed by atoms with E-state index in [1.54, 1.807) is 11.3 Å². The fourth-order valence-corrected chi connectivity index (χ4v) is 10.2. The molecule has 0 radical (unpaired) electrons. The molecule has 2 aliphatic rings. The highest BCUT2D eigenvalue weighted by atomic mass is 35.5. The van der Waals surface area contributed by atoms with Crippen LogP contribution in [0.25, 0.3) is 42.4 Å². The van der Waals surface area contributed by atoms with Gasteiger partial charge in [0.25, 0.3) is 0 Å². The molecule has 0 saturated carbocycles. The summed E-state index contributed by atoms with van der Waals surface area (Å²) in [7, 11) is 0. The molecule has 1 N–H and O–H groups in total. The summed E-state index contributed by atoms with van der Waals surface area (Å²) in [6, 6.07) is 55.5. The van der Waals surface area contributed by atoms with Crippen LogP contribution in [0.3, 0.4) is 0 Å². The molecule has 1 nitrogen and oxygen atoms in total. The van der Waals surface area contributed by atoms with E-state index in [1.165, 1.54) is 42.4 Å². The van der Waals surface area contributed by atoms with Crippen LogP contribution < -0.4 is 0 Å². The maximum absolute atomic E-state index is 13.8. The van der Waals surface area contributed by atoms with Crippen LogP contribution in [0.2, 0.25) is 5.02 Å². The van der Waals surface area contributed by atoms with Gasteiger partial charge in [0, 0.05) is 30.8 Å². The molecule has 7 aromatic carbocycles. The van der Waals surface area contributed by atoms with Crippen LogP contribution in [-0.2, 0) is 11.0 Å². The number of benzene rings is 7. The number of fused-ring (bicyclic) bond motifs is 12. The summed E-state index contributed by atoms with van der Waals surface area (Å²) in [6.45, 7) is 0. The van der Waals surface area contributed by atoms with E-state index in [0.717, 1.165) is 33.4 Å². The molecule has 1 heterocycles. The van der Waals surface area contributed by atoms with E-state index in [-0.39, 0.29) is 0 Å². The van der Waals surface area contributed by atoms with Crippen LogP contribution in [0.4, 0.5) is 0 Å². The van der Waals surface area contributed by atoms with Crippen molar-refractivity contribution in [3.8, 4) is 22.3 Å². The Morgan fingerprint density at radius 2 is 0.894 bits per heavy atom. The first-order chi connectivity index (χ1) is 23.1. The summed E-state index contributed by atoms with van der Waals surface area (Å²) in [5.74, 6) is 0. The monoisotopic (exact) mass is 638 g/mol. The average Bonchev–Trinajstić information content (AvgIpc) is 3.65. The van der Waals surface area contributed by atoms with Crippen molar-refractivity contribution in [2.24, 2.45) is 0 Å². The third kappa shape index (κ3) is 3.37. The molecule has 2 aliphatic carbocycles. The van der Waals surface area contributed by atoms with Crippen molar-refractivity contribution in [3.05, 3.63) is 202 Å². The lowest BCUT2D eigenvalue weighted by Crippen LogP contribution is -2.44. The Hall–Kier alpha value is -4.99. The standard InChI is InChI=1S/C44H27ClOS/c45-38-24-11-17-30(29-16-12-26-40-41(29)31-15-3-10-25-39(31)47-40)42(38)44(46)36-22-8-6-20-34(36)43(35-21-7-9-23-37(35)44)32-18-4-1-13-27(32)28-14-2-5-19-33(28)43/h1-26,46H. The van der Waals surface area contributed by atoms with Gasteiger partial charge in [-0.1, -0.05) is 151 Å². The molecule has 222 valence electrons. The molecular weight excluding hydrogens is 612 g/mol. The maximum Gasteiger partial charge on any atom is 0.143 e. The van der Waals surface area contributed by atoms with Gasteiger partial charge in [-0.15, -0.1) is 11.3 Å². The molecule has 0 aliphatic heterocycles. The van der Waals surface area contributed by atoms with E-state index in [1.807, 2.05) is 24.3 Å². The first kappa shape index (κ1) is 27.2. The minimum atomic E-state index is -1.54. The largest absolute Gasteiger partial charge is 0.376 e. The van der Waals surface area contributed by atoms with Crippen LogP contribution in [0, 0.1) is 0 Å². The molecule has 0 saturated heterocycles. The normalized spacial score (nSPS) is 14.9. The number of thiophene rings is 1. The van der Waals surface area contributed by atoms with Crippen molar-refractivity contribution < 1.29 is 5.11 Å². The van der Waals surface area contributed by atoms with Crippen LogP contribution >= 0.6 is 22.9 Å². The molecule has 47 heavy (non-hydrogen) atoms. The van der Waals surface area contributed by atoms with Crippen molar-refractivity contribution in [3.63, 3.8) is 0 Å². The number of halogens is 1. The van der Waals surface area contributed by atoms with Crippen molar-refractivity contribution in [1.29, 1.82) is 0 Å². The third-order valence-corrected chi connectivity index (χ3v) is 11.9. The predicted octanol–water partition coefficient (Wildman–Crippen LogP) is 11.3. The Morgan fingerprint density at radius 1 is 0.426 bits per heavy atom. The van der Waals surface area contributed by atoms with Gasteiger partial charge in [0.1, 0.15) is 5.60 Å². The van der Waals surface area contributed by atoms with Gasteiger partial charge in [-0.25, -0.2) is 0 Å². The quantitative estimate of drug-likeness (QED) is 0.200. The third-order valence-electron chi connectivity index (χ3n) is 10.5. The number of hydrogen-bond donors (Lipinski definition) is 1. The SMILES string of the molecule is OC1(c2c(Cl)cccc2-c2cccc3sc4ccccc4c23)c2ccccc2C2(c3ccccc3-c3ccccc32)c2ccccc21. The molecule has 1 aromatic heterocycles. The summed E-state index contributed by atoms with van der Waals surface area (Å²) in [4.78, 5) is 0. The second-order valence-corrected chi connectivity index (χ2v) is 14.1. The zero-order chi connectivity index (χ0) is 31.3. The second-order valence-electron chi connectivity index (χ2n) is 12.6. The summed E-state index contributed by atoms with van der Waals surface area (Å²) >= 11 is 9.13. The average molecular weight is 639 g/mol. The van der Waals surface area contributed by atoms with Gasteiger partial charge in [0.2, 0.25) is 0 Å². The molecule has 0 fully saturated rings. The van der Waals surface area contributed by atoms with Gasteiger partial charge in [0.05, 0.1) is 5.41 Å². The smallest absolute Gasteiger partial charge is 0.143 e. The molecule has 0 bridgehead atoms. The van der Waals surface area contributed by atoms with Crippen molar-refractivity contribution >= 4 is 43.1 Å². The predicted molar refractivity (Wildman–Crippen MR) is 196 cm³/mol. The van der Waals surface area contributed by atoms with E-state index in [4.69, 9.17) is 11.6 Å². The van der Waals surface area contributed by atoms with E-state index >= 15 is 0 Å². The van der Waals surface area contributed by atoms with Crippen LogP contribution in [0.1, 0.15) is 38.9 Å². The van der Waals surface area contributed by atoms with E-state index in [9.17, 15) is 5.11 Å². The topological polar surface area (TPSA) is 20.2 Å². The Kier molecular flexibility index (Phi) is 5.64. The van der Waals surface area contributed by atoms with Crippen molar-refractivity contribution in [1.82, 2.24) is 0 Å². The Balaban J connectivity index is 1.35. The Morgan fingerprint density at radius 3 is 1.55 bits per heavy atom. The first-order valence-corrected chi connectivity index (χ1v) is 17.1. The molecule has 0 atom stereocenters. The molecule has 0 amide bonds. The van der Waals surface area contributed by atoms with Gasteiger partial charge < -0.3 is 5.11 Å². The highest BCUT2D eigenvalue weighted by molar-refractivity contribution is 7.25. The fourth-order valence-electron chi connectivity index (χ4n) is 8.74. The number of aliphatic hydroxyl groups is 1. The summed E-state index contributed by atoms with van der Waals surface area (Å²) in [5, 5.41) is 16.7. The highest BCUT2D eigenvalue weighted by Crippen LogP contribution is 2.63. The molecule has 1 spiro atoms.